The zero-order valence-electron chi connectivity index (χ0n) is 9.22. The van der Waals surface area contributed by atoms with Gasteiger partial charge in [-0.3, -0.25) is 0 Å². The van der Waals surface area contributed by atoms with E-state index < -0.39 is 12.2 Å². The number of nitrogens with two attached hydrogens (primary N) is 1. The molecule has 0 aliphatic heterocycles. The van der Waals surface area contributed by atoms with Gasteiger partial charge in [-0.1, -0.05) is 18.2 Å². The van der Waals surface area contributed by atoms with E-state index >= 15 is 0 Å². The van der Waals surface area contributed by atoms with Crippen LogP contribution in [0, 0.1) is 0 Å². The fraction of sp³-hybridized carbons (Fsp3) is 0.538. The maximum atomic E-state index is 12.6. The van der Waals surface area contributed by atoms with Crippen molar-refractivity contribution in [2.45, 2.75) is 38.1 Å². The summed E-state index contributed by atoms with van der Waals surface area (Å²) in [5.74, 6) is 0. The van der Waals surface area contributed by atoms with E-state index in [-0.39, 0.29) is 0 Å². The van der Waals surface area contributed by atoms with Gasteiger partial charge in [-0.05, 0) is 49.3 Å². The van der Waals surface area contributed by atoms with Crippen molar-refractivity contribution in [1.29, 1.82) is 0 Å². The number of alkyl halides is 1. The van der Waals surface area contributed by atoms with Crippen LogP contribution in [0.3, 0.4) is 0 Å². The van der Waals surface area contributed by atoms with Gasteiger partial charge in [-0.25, -0.2) is 4.39 Å². The van der Waals surface area contributed by atoms with Gasteiger partial charge >= 0.3 is 0 Å². The molecule has 1 nitrogen and oxygen atoms in total. The molecule has 1 aliphatic carbocycles. The first-order valence-electron chi connectivity index (χ1n) is 5.56. The van der Waals surface area contributed by atoms with Crippen molar-refractivity contribution in [3.8, 4) is 0 Å². The maximum Gasteiger partial charge on any atom is 0.107 e. The maximum absolute atomic E-state index is 12.6. The Bertz CT molecular complexity index is 358. The number of benzene rings is 1. The molecule has 1 aromatic carbocycles. The Balaban J connectivity index is 2.17. The summed E-state index contributed by atoms with van der Waals surface area (Å²) in [6.45, 7) is 1.30. The number of hydrogen-bond donors (Lipinski definition) is 1. The van der Waals surface area contributed by atoms with E-state index in [4.69, 9.17) is 5.73 Å². The lowest BCUT2D eigenvalue weighted by atomic mass is 9.93. The minimum Gasteiger partial charge on any atom is -0.323 e. The number of hydrogen-bond acceptors (Lipinski definition) is 1. The van der Waals surface area contributed by atoms with Crippen LogP contribution in [0.1, 0.15) is 30.0 Å². The Morgan fingerprint density at radius 2 is 2.07 bits per heavy atom. The van der Waals surface area contributed by atoms with Crippen LogP contribution in [0.5, 0.6) is 0 Å². The molecule has 1 aromatic rings. The lowest BCUT2D eigenvalue weighted by molar-refractivity contribution is 0.327. The van der Waals surface area contributed by atoms with E-state index in [0.29, 0.717) is 6.42 Å². The van der Waals surface area contributed by atoms with Crippen LogP contribution in [0.25, 0.3) is 0 Å². The molecular weight excluding hydrogens is 189 g/mol. The van der Waals surface area contributed by atoms with Gasteiger partial charge in [0.1, 0.15) is 6.67 Å². The van der Waals surface area contributed by atoms with Gasteiger partial charge < -0.3 is 5.73 Å². The molecule has 2 rings (SSSR count). The van der Waals surface area contributed by atoms with Gasteiger partial charge in [0.2, 0.25) is 0 Å². The number of rotatable bonds is 3. The van der Waals surface area contributed by atoms with E-state index in [9.17, 15) is 4.39 Å². The zero-order valence-corrected chi connectivity index (χ0v) is 9.22. The summed E-state index contributed by atoms with van der Waals surface area (Å²) in [6.07, 6.45) is 4.23. The summed E-state index contributed by atoms with van der Waals surface area (Å²) < 4.78 is 12.6. The fourth-order valence-electron chi connectivity index (χ4n) is 2.25. The molecule has 1 aliphatic rings. The van der Waals surface area contributed by atoms with Crippen LogP contribution in [-0.4, -0.2) is 12.2 Å². The van der Waals surface area contributed by atoms with Crippen molar-refractivity contribution < 1.29 is 4.39 Å². The van der Waals surface area contributed by atoms with Crippen molar-refractivity contribution in [1.82, 2.24) is 0 Å². The molecule has 0 fully saturated rings. The van der Waals surface area contributed by atoms with E-state index in [0.717, 1.165) is 0 Å². The summed E-state index contributed by atoms with van der Waals surface area (Å²) in [5, 5.41) is 0. The Hall–Kier alpha value is -0.890. The second-order valence-corrected chi connectivity index (χ2v) is 4.92. The van der Waals surface area contributed by atoms with Crippen molar-refractivity contribution in [3.63, 3.8) is 0 Å². The summed E-state index contributed by atoms with van der Waals surface area (Å²) in [7, 11) is 0. The van der Waals surface area contributed by atoms with Crippen LogP contribution in [0.4, 0.5) is 4.39 Å². The van der Waals surface area contributed by atoms with Crippen LogP contribution in [0.2, 0.25) is 0 Å². The van der Waals surface area contributed by atoms with Gasteiger partial charge in [0, 0.05) is 5.54 Å². The monoisotopic (exact) mass is 207 g/mol. The molecule has 1 unspecified atom stereocenters. The Kier molecular flexibility index (Phi) is 2.79. The Labute approximate surface area is 90.5 Å². The lowest BCUT2D eigenvalue weighted by Gasteiger charge is -2.20. The molecule has 0 bridgehead atoms. The smallest absolute Gasteiger partial charge is 0.107 e. The fourth-order valence-corrected chi connectivity index (χ4v) is 2.25. The summed E-state index contributed by atoms with van der Waals surface area (Å²) in [5.41, 5.74) is 9.16. The van der Waals surface area contributed by atoms with Crippen molar-refractivity contribution in [2.75, 3.05) is 6.67 Å². The van der Waals surface area contributed by atoms with Crippen LogP contribution in [0.15, 0.2) is 18.2 Å². The largest absolute Gasteiger partial charge is 0.323 e. The summed E-state index contributed by atoms with van der Waals surface area (Å²) >= 11 is 0. The van der Waals surface area contributed by atoms with E-state index in [2.05, 4.69) is 18.2 Å². The van der Waals surface area contributed by atoms with Crippen molar-refractivity contribution in [2.24, 2.45) is 5.73 Å². The number of aryl methyl sites for hydroxylation is 2. The van der Waals surface area contributed by atoms with Gasteiger partial charge in [-0.2, -0.15) is 0 Å². The predicted molar refractivity (Wildman–Crippen MR) is 60.7 cm³/mol. The summed E-state index contributed by atoms with van der Waals surface area (Å²) in [6, 6.07) is 6.46. The minimum absolute atomic E-state index is 0.468. The van der Waals surface area contributed by atoms with Gasteiger partial charge in [0.25, 0.3) is 0 Å². The van der Waals surface area contributed by atoms with Crippen molar-refractivity contribution in [3.05, 3.63) is 34.9 Å². The third-order valence-electron chi connectivity index (χ3n) is 3.08. The van der Waals surface area contributed by atoms with E-state index in [1.165, 1.54) is 36.0 Å². The highest BCUT2D eigenvalue weighted by molar-refractivity contribution is 5.35. The van der Waals surface area contributed by atoms with Gasteiger partial charge in [-0.15, -0.1) is 0 Å². The number of halogens is 1. The van der Waals surface area contributed by atoms with Gasteiger partial charge in [0.15, 0.2) is 0 Å². The molecule has 0 amide bonds. The Morgan fingerprint density at radius 1 is 1.33 bits per heavy atom. The molecule has 2 heteroatoms. The Morgan fingerprint density at radius 3 is 2.80 bits per heavy atom. The highest BCUT2D eigenvalue weighted by Crippen LogP contribution is 2.24. The standard InChI is InChI=1S/C13H18FN/c1-13(15,9-14)8-10-5-6-11-3-2-4-12(11)7-10/h5-7H,2-4,8-9,15H2,1H3. The first-order chi connectivity index (χ1) is 7.11. The first-order valence-corrected chi connectivity index (χ1v) is 5.56. The minimum atomic E-state index is -0.715. The third-order valence-corrected chi connectivity index (χ3v) is 3.08. The second-order valence-electron chi connectivity index (χ2n) is 4.92. The quantitative estimate of drug-likeness (QED) is 0.809. The first kappa shape index (κ1) is 10.6. The van der Waals surface area contributed by atoms with Crippen LogP contribution < -0.4 is 5.73 Å². The molecule has 15 heavy (non-hydrogen) atoms. The molecule has 0 spiro atoms. The molecule has 0 saturated carbocycles. The molecule has 1 atom stereocenters. The predicted octanol–water partition coefficient (Wildman–Crippen LogP) is 2.40. The average Bonchev–Trinajstić information content (AvgIpc) is 2.64. The average molecular weight is 207 g/mol. The third kappa shape index (κ3) is 2.37. The second kappa shape index (κ2) is 3.93. The van der Waals surface area contributed by atoms with Crippen molar-refractivity contribution >= 4 is 0 Å². The van der Waals surface area contributed by atoms with Crippen LogP contribution in [-0.2, 0) is 19.3 Å². The summed E-state index contributed by atoms with van der Waals surface area (Å²) in [4.78, 5) is 0. The molecule has 82 valence electrons. The highest BCUT2D eigenvalue weighted by Gasteiger charge is 2.20. The molecule has 0 radical (unpaired) electrons. The highest BCUT2D eigenvalue weighted by atomic mass is 19.1. The van der Waals surface area contributed by atoms with E-state index in [1.54, 1.807) is 6.92 Å². The lowest BCUT2D eigenvalue weighted by Crippen LogP contribution is -2.40. The normalized spacial score (nSPS) is 18.6. The molecular formula is C13H18FN. The zero-order chi connectivity index (χ0) is 10.9. The molecule has 0 heterocycles. The van der Waals surface area contributed by atoms with Gasteiger partial charge in [0.05, 0.1) is 0 Å². The van der Waals surface area contributed by atoms with E-state index in [1.807, 2.05) is 0 Å². The van der Waals surface area contributed by atoms with Crippen LogP contribution >= 0.6 is 0 Å². The topological polar surface area (TPSA) is 26.0 Å². The SMILES string of the molecule is CC(N)(CF)Cc1ccc2c(c1)CCC2. The number of fused-ring (bicyclic) bond motifs is 1. The molecule has 0 saturated heterocycles. The molecule has 2 N–H and O–H groups in total. The molecule has 0 aromatic heterocycles.